The first-order chi connectivity index (χ1) is 10.2. The summed E-state index contributed by atoms with van der Waals surface area (Å²) >= 11 is 7.68. The molecule has 0 aliphatic carbocycles. The van der Waals surface area contributed by atoms with E-state index in [2.05, 4.69) is 4.98 Å². The lowest BCUT2D eigenvalue weighted by Gasteiger charge is -1.99. The van der Waals surface area contributed by atoms with Crippen molar-refractivity contribution in [2.24, 2.45) is 0 Å². The van der Waals surface area contributed by atoms with Crippen molar-refractivity contribution >= 4 is 28.7 Å². The van der Waals surface area contributed by atoms with Crippen molar-refractivity contribution in [1.29, 1.82) is 0 Å². The maximum absolute atomic E-state index is 12.2. The van der Waals surface area contributed by atoms with Crippen LogP contribution in [-0.4, -0.2) is 10.8 Å². The van der Waals surface area contributed by atoms with Gasteiger partial charge >= 0.3 is 0 Å². The number of rotatable bonds is 4. The fourth-order valence-electron chi connectivity index (χ4n) is 2.04. The third-order valence-corrected chi connectivity index (χ3v) is 4.35. The number of hydrogen-bond acceptors (Lipinski definition) is 3. The third kappa shape index (κ3) is 3.20. The van der Waals surface area contributed by atoms with E-state index in [1.807, 2.05) is 60.0 Å². The van der Waals surface area contributed by atoms with Gasteiger partial charge < -0.3 is 0 Å². The Balaban J connectivity index is 1.80. The first-order valence-electron chi connectivity index (χ1n) is 6.51. The van der Waals surface area contributed by atoms with Crippen LogP contribution in [0.4, 0.5) is 0 Å². The summed E-state index contributed by atoms with van der Waals surface area (Å²) in [5, 5.41) is 3.43. The van der Waals surface area contributed by atoms with Crippen molar-refractivity contribution in [2.45, 2.75) is 6.42 Å². The zero-order valence-corrected chi connectivity index (χ0v) is 12.7. The van der Waals surface area contributed by atoms with E-state index in [4.69, 9.17) is 11.6 Å². The van der Waals surface area contributed by atoms with Crippen LogP contribution in [0.1, 0.15) is 16.1 Å². The Morgan fingerprint density at radius 1 is 1.05 bits per heavy atom. The van der Waals surface area contributed by atoms with Crippen LogP contribution in [0.3, 0.4) is 0 Å². The molecule has 1 heterocycles. The maximum Gasteiger partial charge on any atom is 0.168 e. The molecule has 3 rings (SSSR count). The summed E-state index contributed by atoms with van der Waals surface area (Å²) in [5.74, 6) is 0.0756. The van der Waals surface area contributed by atoms with Crippen LogP contribution in [0, 0.1) is 0 Å². The van der Waals surface area contributed by atoms with Gasteiger partial charge in [-0.25, -0.2) is 4.98 Å². The highest BCUT2D eigenvalue weighted by molar-refractivity contribution is 7.13. The van der Waals surface area contributed by atoms with Gasteiger partial charge in [-0.2, -0.15) is 0 Å². The van der Waals surface area contributed by atoms with Gasteiger partial charge in [-0.1, -0.05) is 60.1 Å². The summed E-state index contributed by atoms with van der Waals surface area (Å²) in [7, 11) is 0. The number of nitrogens with zero attached hydrogens (tertiary/aromatic N) is 1. The van der Waals surface area contributed by atoms with Gasteiger partial charge in [0.15, 0.2) is 5.78 Å². The molecule has 0 N–H and O–H groups in total. The summed E-state index contributed by atoms with van der Waals surface area (Å²) in [5.41, 5.74) is 2.40. The molecule has 0 amide bonds. The molecule has 0 unspecified atom stereocenters. The van der Waals surface area contributed by atoms with E-state index in [9.17, 15) is 4.79 Å². The van der Waals surface area contributed by atoms with E-state index in [-0.39, 0.29) is 5.78 Å². The molecular formula is C17H12ClNOS. The minimum atomic E-state index is 0.0756. The van der Waals surface area contributed by atoms with Gasteiger partial charge in [0, 0.05) is 16.5 Å². The summed E-state index contributed by atoms with van der Waals surface area (Å²) < 4.78 is 0. The van der Waals surface area contributed by atoms with Gasteiger partial charge in [0.25, 0.3) is 0 Å². The molecule has 0 bridgehead atoms. The van der Waals surface area contributed by atoms with E-state index in [1.165, 1.54) is 11.3 Å². The molecule has 0 spiro atoms. The Kier molecular flexibility index (Phi) is 4.13. The highest BCUT2D eigenvalue weighted by Gasteiger charge is 2.12. The van der Waals surface area contributed by atoms with Gasteiger partial charge in [0.2, 0.25) is 0 Å². The molecule has 2 nitrogen and oxygen atoms in total. The maximum atomic E-state index is 12.2. The Bertz CT molecular complexity index is 767. The van der Waals surface area contributed by atoms with Gasteiger partial charge in [-0.3, -0.25) is 4.79 Å². The summed E-state index contributed by atoms with van der Waals surface area (Å²) in [6.07, 6.45) is 0.310. The van der Waals surface area contributed by atoms with E-state index in [0.29, 0.717) is 17.0 Å². The number of hydrogen-bond donors (Lipinski definition) is 0. The lowest BCUT2D eigenvalue weighted by atomic mass is 10.1. The number of benzene rings is 2. The van der Waals surface area contributed by atoms with Crippen LogP contribution in [0.5, 0.6) is 0 Å². The van der Waals surface area contributed by atoms with Crippen molar-refractivity contribution in [1.82, 2.24) is 4.98 Å². The topological polar surface area (TPSA) is 30.0 Å². The van der Waals surface area contributed by atoms with Crippen molar-refractivity contribution in [2.75, 3.05) is 0 Å². The molecule has 0 saturated carbocycles. The fourth-order valence-corrected chi connectivity index (χ4v) is 3.18. The molecule has 0 radical (unpaired) electrons. The summed E-state index contributed by atoms with van der Waals surface area (Å²) in [4.78, 5) is 16.7. The smallest absolute Gasteiger partial charge is 0.168 e. The summed E-state index contributed by atoms with van der Waals surface area (Å²) in [6.45, 7) is 0. The number of halogens is 1. The van der Waals surface area contributed by atoms with E-state index < -0.39 is 0 Å². The number of aromatic nitrogens is 1. The van der Waals surface area contributed by atoms with Crippen LogP contribution in [0.25, 0.3) is 10.6 Å². The molecular weight excluding hydrogens is 302 g/mol. The highest BCUT2D eigenvalue weighted by atomic mass is 35.5. The van der Waals surface area contributed by atoms with Gasteiger partial charge in [0.05, 0.1) is 17.1 Å². The average molecular weight is 314 g/mol. The predicted octanol–water partition coefficient (Wildman–Crippen LogP) is 4.89. The lowest BCUT2D eigenvalue weighted by molar-refractivity contribution is 0.0992. The Morgan fingerprint density at radius 3 is 2.52 bits per heavy atom. The fraction of sp³-hybridized carbons (Fsp3) is 0.0588. The van der Waals surface area contributed by atoms with Crippen LogP contribution in [-0.2, 0) is 6.42 Å². The van der Waals surface area contributed by atoms with Crippen molar-refractivity contribution in [3.8, 4) is 10.6 Å². The molecule has 0 atom stereocenters. The summed E-state index contributed by atoms with van der Waals surface area (Å²) in [6, 6.07) is 16.9. The Morgan fingerprint density at radius 2 is 1.76 bits per heavy atom. The Labute approximate surface area is 132 Å². The monoisotopic (exact) mass is 313 g/mol. The van der Waals surface area contributed by atoms with E-state index in [1.54, 1.807) is 0 Å². The number of thiazole rings is 1. The third-order valence-electron chi connectivity index (χ3n) is 3.09. The average Bonchev–Trinajstić information content (AvgIpc) is 2.97. The van der Waals surface area contributed by atoms with Crippen molar-refractivity contribution in [3.05, 3.63) is 76.3 Å². The molecule has 21 heavy (non-hydrogen) atoms. The molecule has 3 aromatic rings. The highest BCUT2D eigenvalue weighted by Crippen LogP contribution is 2.30. The second-order valence-electron chi connectivity index (χ2n) is 4.59. The van der Waals surface area contributed by atoms with Gasteiger partial charge in [-0.15, -0.1) is 11.3 Å². The minimum Gasteiger partial charge on any atom is -0.294 e. The molecule has 0 aliphatic rings. The first kappa shape index (κ1) is 14.0. The first-order valence-corrected chi connectivity index (χ1v) is 7.77. The van der Waals surface area contributed by atoms with Gasteiger partial charge in [-0.05, 0) is 6.07 Å². The standard InChI is InChI=1S/C17H12ClNOS/c18-15-9-5-4-8-14(15)17-19-13(11-21-17)10-16(20)12-6-2-1-3-7-12/h1-9,11H,10H2. The molecule has 104 valence electrons. The quantitative estimate of drug-likeness (QED) is 0.642. The second-order valence-corrected chi connectivity index (χ2v) is 5.86. The van der Waals surface area contributed by atoms with Gasteiger partial charge in [0.1, 0.15) is 5.01 Å². The number of ketones is 1. The lowest BCUT2D eigenvalue weighted by Crippen LogP contribution is -2.03. The number of Topliss-reactive ketones (excluding diaryl/α,β-unsaturated/α-hetero) is 1. The second kappa shape index (κ2) is 6.20. The van der Waals surface area contributed by atoms with Crippen molar-refractivity contribution < 1.29 is 4.79 Å². The molecule has 0 saturated heterocycles. The van der Waals surface area contributed by atoms with Crippen LogP contribution < -0.4 is 0 Å². The zero-order valence-electron chi connectivity index (χ0n) is 11.1. The molecule has 2 aromatic carbocycles. The van der Waals surface area contributed by atoms with Crippen LogP contribution >= 0.6 is 22.9 Å². The van der Waals surface area contributed by atoms with E-state index >= 15 is 0 Å². The minimum absolute atomic E-state index is 0.0756. The van der Waals surface area contributed by atoms with Crippen molar-refractivity contribution in [3.63, 3.8) is 0 Å². The molecule has 0 aliphatic heterocycles. The van der Waals surface area contributed by atoms with Crippen LogP contribution in [0.15, 0.2) is 60.0 Å². The SMILES string of the molecule is O=C(Cc1csc(-c2ccccc2Cl)n1)c1ccccc1. The van der Waals surface area contributed by atoms with E-state index in [0.717, 1.165) is 16.3 Å². The number of carbonyl (C=O) groups excluding carboxylic acids is 1. The largest absolute Gasteiger partial charge is 0.294 e. The normalized spacial score (nSPS) is 10.5. The predicted molar refractivity (Wildman–Crippen MR) is 87.0 cm³/mol. The zero-order chi connectivity index (χ0) is 14.7. The number of carbonyl (C=O) groups is 1. The molecule has 1 aromatic heterocycles. The van der Waals surface area contributed by atoms with Crippen LogP contribution in [0.2, 0.25) is 5.02 Å². The Hall–Kier alpha value is -1.97. The molecule has 0 fully saturated rings. The molecule has 4 heteroatoms.